The van der Waals surface area contributed by atoms with Crippen LogP contribution in [0.15, 0.2) is 36.7 Å². The summed E-state index contributed by atoms with van der Waals surface area (Å²) in [6.07, 6.45) is 4.65. The van der Waals surface area contributed by atoms with E-state index in [1.165, 1.54) is 10.2 Å². The fraction of sp³-hybridized carbons (Fsp3) is 0.308. The first-order valence-corrected chi connectivity index (χ1v) is 6.81. The summed E-state index contributed by atoms with van der Waals surface area (Å²) in [4.78, 5) is 4.08. The van der Waals surface area contributed by atoms with Crippen molar-refractivity contribution < 1.29 is 0 Å². The van der Waals surface area contributed by atoms with Crippen molar-refractivity contribution in [1.29, 1.82) is 0 Å². The zero-order valence-corrected chi connectivity index (χ0v) is 11.5. The van der Waals surface area contributed by atoms with Gasteiger partial charge in [-0.3, -0.25) is 4.98 Å². The second kappa shape index (κ2) is 6.71. The molecule has 108 valence electrons. The van der Waals surface area contributed by atoms with Crippen LogP contribution in [0.4, 0.5) is 5.82 Å². The van der Waals surface area contributed by atoms with Crippen molar-refractivity contribution in [2.75, 3.05) is 18.4 Å². The van der Waals surface area contributed by atoms with E-state index in [0.717, 1.165) is 31.9 Å². The largest absolute Gasteiger partial charge is 0.369 e. The Kier molecular flexibility index (Phi) is 4.27. The van der Waals surface area contributed by atoms with E-state index in [1.54, 1.807) is 6.20 Å². The molecular weight excluding hydrogens is 268 g/mol. The van der Waals surface area contributed by atoms with Gasteiger partial charge in [-0.05, 0) is 47.2 Å². The molecule has 0 spiro atoms. The average molecular weight is 284 g/mol. The van der Waals surface area contributed by atoms with Crippen LogP contribution >= 0.6 is 0 Å². The molecule has 0 fully saturated rings. The van der Waals surface area contributed by atoms with Gasteiger partial charge < -0.3 is 10.6 Å². The van der Waals surface area contributed by atoms with E-state index >= 15 is 0 Å². The minimum atomic E-state index is 0.638. The molecule has 0 saturated heterocycles. The van der Waals surface area contributed by atoms with Gasteiger partial charge in [0, 0.05) is 25.5 Å². The van der Waals surface area contributed by atoms with Crippen LogP contribution in [0.25, 0.3) is 5.65 Å². The minimum absolute atomic E-state index is 0.638. The molecule has 0 aliphatic rings. The van der Waals surface area contributed by atoms with Crippen LogP contribution in [0.2, 0.25) is 0 Å². The molecule has 8 heteroatoms. The van der Waals surface area contributed by atoms with E-state index in [0.29, 0.717) is 5.65 Å². The van der Waals surface area contributed by atoms with E-state index in [1.807, 2.05) is 24.4 Å². The lowest BCUT2D eigenvalue weighted by Gasteiger charge is -2.06. The molecule has 0 saturated carbocycles. The Morgan fingerprint density at radius 1 is 1.14 bits per heavy atom. The Bertz CT molecular complexity index is 681. The van der Waals surface area contributed by atoms with Gasteiger partial charge in [-0.15, -0.1) is 14.8 Å². The average Bonchev–Trinajstić information content (AvgIpc) is 2.99. The molecule has 0 bridgehead atoms. The summed E-state index contributed by atoms with van der Waals surface area (Å²) in [6, 6.07) is 7.70. The smallest absolute Gasteiger partial charge is 0.200 e. The summed E-state index contributed by atoms with van der Waals surface area (Å²) < 4.78 is 1.41. The number of hydrogen-bond acceptors (Lipinski definition) is 7. The first-order chi connectivity index (χ1) is 10.4. The van der Waals surface area contributed by atoms with Gasteiger partial charge in [0.15, 0.2) is 5.65 Å². The lowest BCUT2D eigenvalue weighted by molar-refractivity contribution is 0.659. The molecule has 8 nitrogen and oxygen atoms in total. The Balaban J connectivity index is 1.36. The zero-order chi connectivity index (χ0) is 14.3. The molecule has 0 aromatic carbocycles. The van der Waals surface area contributed by atoms with Gasteiger partial charge in [-0.25, -0.2) is 0 Å². The van der Waals surface area contributed by atoms with Crippen molar-refractivity contribution >= 4 is 11.5 Å². The quantitative estimate of drug-likeness (QED) is 0.610. The predicted molar refractivity (Wildman–Crippen MR) is 77.6 cm³/mol. The van der Waals surface area contributed by atoms with Crippen LogP contribution in [0.3, 0.4) is 0 Å². The van der Waals surface area contributed by atoms with Crippen LogP contribution in [-0.2, 0) is 6.54 Å². The third-order valence-corrected chi connectivity index (χ3v) is 2.96. The molecule has 0 aliphatic heterocycles. The number of fused-ring (bicyclic) bond motifs is 1. The number of aromatic nitrogens is 6. The lowest BCUT2D eigenvalue weighted by atomic mass is 10.3. The number of nitrogens with one attached hydrogen (secondary N) is 2. The first-order valence-electron chi connectivity index (χ1n) is 6.81. The van der Waals surface area contributed by atoms with E-state index in [-0.39, 0.29) is 0 Å². The van der Waals surface area contributed by atoms with Gasteiger partial charge in [0.2, 0.25) is 0 Å². The number of pyridine rings is 1. The van der Waals surface area contributed by atoms with Crippen molar-refractivity contribution in [2.45, 2.75) is 13.0 Å². The molecule has 0 radical (unpaired) electrons. The summed E-state index contributed by atoms with van der Waals surface area (Å²) >= 11 is 0. The summed E-state index contributed by atoms with van der Waals surface area (Å²) in [5.74, 6) is 0.766. The van der Waals surface area contributed by atoms with Crippen molar-refractivity contribution in [3.8, 4) is 0 Å². The van der Waals surface area contributed by atoms with E-state index < -0.39 is 0 Å². The topological polar surface area (TPSA) is 92.9 Å². The molecule has 0 aliphatic carbocycles. The first kappa shape index (κ1) is 13.4. The molecule has 0 amide bonds. The minimum Gasteiger partial charge on any atom is -0.369 e. The van der Waals surface area contributed by atoms with E-state index in [4.69, 9.17) is 0 Å². The zero-order valence-electron chi connectivity index (χ0n) is 11.5. The normalized spacial score (nSPS) is 10.9. The predicted octanol–water partition coefficient (Wildman–Crippen LogP) is 0.506. The van der Waals surface area contributed by atoms with Gasteiger partial charge >= 0.3 is 0 Å². The van der Waals surface area contributed by atoms with Crippen molar-refractivity contribution in [3.63, 3.8) is 0 Å². The summed E-state index contributed by atoms with van der Waals surface area (Å²) in [5.41, 5.74) is 1.83. The van der Waals surface area contributed by atoms with Crippen LogP contribution in [-0.4, -0.2) is 43.3 Å². The van der Waals surface area contributed by atoms with Crippen LogP contribution in [0.1, 0.15) is 12.0 Å². The lowest BCUT2D eigenvalue weighted by Crippen LogP contribution is -2.18. The van der Waals surface area contributed by atoms with Crippen LogP contribution in [0, 0.1) is 0 Å². The SMILES string of the molecule is c1cncc(CNCCCNc2ccc3nnnn3n2)c1. The number of rotatable bonds is 7. The number of hydrogen-bond donors (Lipinski definition) is 2. The Hall–Kier alpha value is -2.61. The van der Waals surface area contributed by atoms with E-state index in [9.17, 15) is 0 Å². The highest BCUT2D eigenvalue weighted by Crippen LogP contribution is 2.02. The summed E-state index contributed by atoms with van der Waals surface area (Å²) in [7, 11) is 0. The highest BCUT2D eigenvalue weighted by molar-refractivity contribution is 5.41. The molecule has 2 N–H and O–H groups in total. The number of anilines is 1. The Morgan fingerprint density at radius 2 is 2.14 bits per heavy atom. The van der Waals surface area contributed by atoms with Crippen LogP contribution < -0.4 is 10.6 Å². The fourth-order valence-corrected chi connectivity index (χ4v) is 1.91. The highest BCUT2D eigenvalue weighted by Gasteiger charge is 1.99. The molecule has 3 aromatic heterocycles. The monoisotopic (exact) mass is 284 g/mol. The molecule has 3 rings (SSSR count). The van der Waals surface area contributed by atoms with Crippen LogP contribution in [0.5, 0.6) is 0 Å². The maximum atomic E-state index is 4.24. The highest BCUT2D eigenvalue weighted by atomic mass is 15.6. The Labute approximate surface area is 121 Å². The maximum Gasteiger partial charge on any atom is 0.200 e. The standard InChI is InChI=1S/C13H16N8/c1-3-11(9-14-6-1)10-15-7-2-8-16-12-4-5-13-17-19-20-21(13)18-12/h1,3-6,9,15H,2,7-8,10H2,(H,16,18). The third kappa shape index (κ3) is 3.69. The summed E-state index contributed by atoms with van der Waals surface area (Å²) in [6.45, 7) is 2.60. The van der Waals surface area contributed by atoms with Gasteiger partial charge in [0.05, 0.1) is 0 Å². The molecule has 3 aromatic rings. The Morgan fingerprint density at radius 3 is 3.05 bits per heavy atom. The molecule has 3 heterocycles. The number of tetrazole rings is 1. The molecular formula is C13H16N8. The van der Waals surface area contributed by atoms with Gasteiger partial charge in [-0.1, -0.05) is 6.07 Å². The molecule has 0 atom stereocenters. The van der Waals surface area contributed by atoms with Crippen molar-refractivity contribution in [1.82, 2.24) is 35.6 Å². The fourth-order valence-electron chi connectivity index (χ4n) is 1.91. The van der Waals surface area contributed by atoms with Gasteiger partial charge in [0.25, 0.3) is 0 Å². The summed E-state index contributed by atoms with van der Waals surface area (Å²) in [5, 5.41) is 22.0. The van der Waals surface area contributed by atoms with Crippen molar-refractivity contribution in [2.24, 2.45) is 0 Å². The molecule has 21 heavy (non-hydrogen) atoms. The molecule has 0 unspecified atom stereocenters. The van der Waals surface area contributed by atoms with Gasteiger partial charge in [0.1, 0.15) is 5.82 Å². The maximum absolute atomic E-state index is 4.24. The van der Waals surface area contributed by atoms with Crippen molar-refractivity contribution in [3.05, 3.63) is 42.2 Å². The second-order valence-corrected chi connectivity index (χ2v) is 4.56. The number of nitrogens with zero attached hydrogens (tertiary/aromatic N) is 6. The van der Waals surface area contributed by atoms with E-state index in [2.05, 4.69) is 42.3 Å². The second-order valence-electron chi connectivity index (χ2n) is 4.56. The van der Waals surface area contributed by atoms with Gasteiger partial charge in [-0.2, -0.15) is 0 Å². The third-order valence-electron chi connectivity index (χ3n) is 2.96.